The predicted octanol–water partition coefficient (Wildman–Crippen LogP) is 2.87. The topological polar surface area (TPSA) is 68.5 Å². The van der Waals surface area contributed by atoms with Gasteiger partial charge in [-0.1, -0.05) is 25.9 Å². The fraction of sp³-hybridized carbons (Fsp3) is 0.812. The molecule has 6 nitrogen and oxygen atoms in total. The fourth-order valence-corrected chi connectivity index (χ4v) is 2.60. The normalized spacial score (nSPS) is 19.0. The molecule has 1 aromatic rings. The summed E-state index contributed by atoms with van der Waals surface area (Å²) in [4.78, 5) is 17.5. The highest BCUT2D eigenvalue weighted by atomic mass is 19.4. The zero-order valence-electron chi connectivity index (χ0n) is 14.7. The first kappa shape index (κ1) is 19.7. The highest BCUT2D eigenvalue weighted by Crippen LogP contribution is 2.23. The van der Waals surface area contributed by atoms with Crippen LogP contribution in [-0.2, 0) is 21.4 Å². The Balaban J connectivity index is 1.99. The van der Waals surface area contributed by atoms with Crippen LogP contribution in [0.1, 0.15) is 51.7 Å². The predicted molar refractivity (Wildman–Crippen MR) is 82.9 cm³/mol. The van der Waals surface area contributed by atoms with Crippen LogP contribution >= 0.6 is 0 Å². The molecule has 0 aliphatic carbocycles. The van der Waals surface area contributed by atoms with E-state index in [1.807, 2.05) is 20.8 Å². The van der Waals surface area contributed by atoms with E-state index in [9.17, 15) is 18.0 Å². The number of alkyl halides is 3. The number of aromatic nitrogens is 2. The van der Waals surface area contributed by atoms with Crippen LogP contribution in [0.5, 0.6) is 0 Å². The molecule has 0 spiro atoms. The van der Waals surface area contributed by atoms with Gasteiger partial charge in [-0.05, 0) is 12.8 Å². The van der Waals surface area contributed by atoms with Crippen molar-refractivity contribution in [1.82, 2.24) is 15.0 Å². The summed E-state index contributed by atoms with van der Waals surface area (Å²) in [6, 6.07) is -0.546. The molecule has 2 rings (SSSR count). The van der Waals surface area contributed by atoms with Crippen molar-refractivity contribution in [2.75, 3.05) is 19.8 Å². The maximum absolute atomic E-state index is 12.8. The highest BCUT2D eigenvalue weighted by molar-refractivity contribution is 5.76. The maximum Gasteiger partial charge on any atom is 0.406 e. The molecule has 1 amide bonds. The standard InChI is InChI=1S/C16H24F3N3O3/c1-15(2,3)14-20-12(25-21-14)6-7-13(23)22(10-16(17,18)19)11-5-4-8-24-9-11/h11H,4-10H2,1-3H3/t11-/m1/s1. The first-order chi connectivity index (χ1) is 11.6. The Hall–Kier alpha value is -1.64. The van der Waals surface area contributed by atoms with Crippen molar-refractivity contribution >= 4 is 5.91 Å². The monoisotopic (exact) mass is 363 g/mol. The Morgan fingerprint density at radius 2 is 2.04 bits per heavy atom. The Morgan fingerprint density at radius 3 is 2.56 bits per heavy atom. The highest BCUT2D eigenvalue weighted by Gasteiger charge is 2.37. The molecule has 1 atom stereocenters. The molecule has 1 aromatic heterocycles. The summed E-state index contributed by atoms with van der Waals surface area (Å²) in [5.74, 6) is 0.177. The maximum atomic E-state index is 12.8. The average molecular weight is 363 g/mol. The van der Waals surface area contributed by atoms with E-state index in [-0.39, 0.29) is 30.8 Å². The lowest BCUT2D eigenvalue weighted by Crippen LogP contribution is -2.49. The summed E-state index contributed by atoms with van der Waals surface area (Å²) in [6.07, 6.45) is -3.29. The lowest BCUT2D eigenvalue weighted by molar-refractivity contribution is -0.170. The van der Waals surface area contributed by atoms with Crippen molar-refractivity contribution in [1.29, 1.82) is 0 Å². The van der Waals surface area contributed by atoms with Crippen LogP contribution in [0, 0.1) is 0 Å². The van der Waals surface area contributed by atoms with Gasteiger partial charge >= 0.3 is 6.18 Å². The summed E-state index contributed by atoms with van der Waals surface area (Å²) in [7, 11) is 0. The first-order valence-corrected chi connectivity index (χ1v) is 8.33. The molecule has 0 radical (unpaired) electrons. The molecule has 1 aliphatic rings. The minimum absolute atomic E-state index is 0.113. The first-order valence-electron chi connectivity index (χ1n) is 8.33. The number of hydrogen-bond acceptors (Lipinski definition) is 5. The van der Waals surface area contributed by atoms with Crippen molar-refractivity contribution < 1.29 is 27.2 Å². The zero-order valence-corrected chi connectivity index (χ0v) is 14.7. The number of aryl methyl sites for hydroxylation is 1. The van der Waals surface area contributed by atoms with Gasteiger partial charge in [0.05, 0.1) is 12.6 Å². The van der Waals surface area contributed by atoms with Gasteiger partial charge in [-0.15, -0.1) is 0 Å². The van der Waals surface area contributed by atoms with Gasteiger partial charge in [0.25, 0.3) is 0 Å². The molecule has 25 heavy (non-hydrogen) atoms. The van der Waals surface area contributed by atoms with Crippen molar-refractivity contribution in [3.63, 3.8) is 0 Å². The van der Waals surface area contributed by atoms with Crippen molar-refractivity contribution in [3.8, 4) is 0 Å². The van der Waals surface area contributed by atoms with Crippen molar-refractivity contribution in [2.24, 2.45) is 0 Å². The molecule has 1 aliphatic heterocycles. The van der Waals surface area contributed by atoms with Gasteiger partial charge in [0.1, 0.15) is 6.54 Å². The van der Waals surface area contributed by atoms with Gasteiger partial charge in [0, 0.05) is 24.9 Å². The number of amides is 1. The number of rotatable bonds is 5. The van der Waals surface area contributed by atoms with Crippen molar-refractivity contribution in [3.05, 3.63) is 11.7 Å². The van der Waals surface area contributed by atoms with Crippen molar-refractivity contribution in [2.45, 2.75) is 64.1 Å². The van der Waals surface area contributed by atoms with E-state index in [1.54, 1.807) is 0 Å². The summed E-state index contributed by atoms with van der Waals surface area (Å²) < 4.78 is 48.8. The Kier molecular flexibility index (Phi) is 6.08. The molecule has 9 heteroatoms. The quantitative estimate of drug-likeness (QED) is 0.805. The van der Waals surface area contributed by atoms with E-state index in [2.05, 4.69) is 10.1 Å². The summed E-state index contributed by atoms with van der Waals surface area (Å²) in [5, 5.41) is 3.85. The molecular weight excluding hydrogens is 339 g/mol. The van der Waals surface area contributed by atoms with E-state index >= 15 is 0 Å². The van der Waals surface area contributed by atoms with Crippen LogP contribution in [-0.4, -0.2) is 52.9 Å². The van der Waals surface area contributed by atoms with Gasteiger partial charge in [0.2, 0.25) is 11.8 Å². The fourth-order valence-electron chi connectivity index (χ4n) is 2.60. The van der Waals surface area contributed by atoms with Crippen LogP contribution < -0.4 is 0 Å². The number of nitrogens with zero attached hydrogens (tertiary/aromatic N) is 3. The number of halogens is 3. The largest absolute Gasteiger partial charge is 0.406 e. The smallest absolute Gasteiger partial charge is 0.379 e. The van der Waals surface area contributed by atoms with Gasteiger partial charge in [0.15, 0.2) is 5.82 Å². The molecule has 0 N–H and O–H groups in total. The minimum atomic E-state index is -4.45. The molecule has 1 fully saturated rings. The van der Waals surface area contributed by atoms with Gasteiger partial charge in [-0.25, -0.2) is 0 Å². The minimum Gasteiger partial charge on any atom is -0.379 e. The van der Waals surface area contributed by atoms with Crippen LogP contribution in [0.2, 0.25) is 0 Å². The molecule has 1 saturated heterocycles. The van der Waals surface area contributed by atoms with E-state index < -0.39 is 24.7 Å². The summed E-state index contributed by atoms with van der Waals surface area (Å²) in [6.45, 7) is 5.14. The molecule has 2 heterocycles. The third-order valence-corrected chi connectivity index (χ3v) is 3.94. The Morgan fingerprint density at radius 1 is 1.32 bits per heavy atom. The average Bonchev–Trinajstić information content (AvgIpc) is 2.99. The molecule has 0 unspecified atom stereocenters. The van der Waals surface area contributed by atoms with E-state index in [4.69, 9.17) is 9.26 Å². The second kappa shape index (κ2) is 7.72. The SMILES string of the molecule is CC(C)(C)c1noc(CCC(=O)N(CC(F)(F)F)[C@@H]2CCCOC2)n1. The Bertz CT molecular complexity index is 575. The van der Waals surface area contributed by atoms with Crippen LogP contribution in [0.25, 0.3) is 0 Å². The number of carbonyl (C=O) groups is 1. The molecule has 0 bridgehead atoms. The van der Waals surface area contributed by atoms with Crippen LogP contribution in [0.3, 0.4) is 0 Å². The van der Waals surface area contributed by atoms with Gasteiger partial charge in [-0.2, -0.15) is 18.2 Å². The third-order valence-electron chi connectivity index (χ3n) is 3.94. The molecular formula is C16H24F3N3O3. The summed E-state index contributed by atoms with van der Waals surface area (Å²) >= 11 is 0. The third kappa shape index (κ3) is 5.98. The van der Waals surface area contributed by atoms with Crippen LogP contribution in [0.4, 0.5) is 13.2 Å². The molecule has 142 valence electrons. The second-order valence-corrected chi connectivity index (χ2v) is 7.27. The lowest BCUT2D eigenvalue weighted by atomic mass is 9.96. The molecule has 0 saturated carbocycles. The number of ether oxygens (including phenoxy) is 1. The van der Waals surface area contributed by atoms with E-state index in [1.165, 1.54) is 0 Å². The van der Waals surface area contributed by atoms with E-state index in [0.717, 1.165) is 4.90 Å². The van der Waals surface area contributed by atoms with E-state index in [0.29, 0.717) is 25.3 Å². The van der Waals surface area contributed by atoms with Gasteiger partial charge < -0.3 is 14.2 Å². The van der Waals surface area contributed by atoms with Crippen LogP contribution in [0.15, 0.2) is 4.52 Å². The lowest BCUT2D eigenvalue weighted by Gasteiger charge is -2.34. The zero-order chi connectivity index (χ0) is 18.7. The number of hydrogen-bond donors (Lipinski definition) is 0. The molecule has 0 aromatic carbocycles. The Labute approximate surface area is 144 Å². The summed E-state index contributed by atoms with van der Waals surface area (Å²) in [5.41, 5.74) is -0.298. The second-order valence-electron chi connectivity index (χ2n) is 7.27. The van der Waals surface area contributed by atoms with Gasteiger partial charge in [-0.3, -0.25) is 4.79 Å². The number of carbonyl (C=O) groups excluding carboxylic acids is 1.